The number of carbonyl (C=O) groups excluding carboxylic acids is 2. The maximum Gasteiger partial charge on any atom is 0.242 e. The van der Waals surface area contributed by atoms with Crippen molar-refractivity contribution in [3.05, 3.63) is 64.1 Å². The summed E-state index contributed by atoms with van der Waals surface area (Å²) in [6, 6.07) is 14.0. The normalized spacial score (nSPS) is 11.8. The second kappa shape index (κ2) is 12.6. The van der Waals surface area contributed by atoms with E-state index in [0.717, 1.165) is 5.75 Å². The average molecular weight is 465 g/mol. The molecule has 0 saturated carbocycles. The molecule has 2 aromatic rings. The summed E-state index contributed by atoms with van der Waals surface area (Å²) in [5.41, 5.74) is 0.628. The third-order valence-corrected chi connectivity index (χ3v) is 5.50. The Balaban J connectivity index is 2.06. The molecular weight excluding hydrogens is 435 g/mol. The third-order valence-electron chi connectivity index (χ3n) is 4.79. The molecule has 0 bridgehead atoms. The number of nitrogens with one attached hydrogen (secondary N) is 1. The van der Waals surface area contributed by atoms with Crippen LogP contribution in [0.25, 0.3) is 0 Å². The van der Waals surface area contributed by atoms with Crippen molar-refractivity contribution < 1.29 is 14.3 Å². The van der Waals surface area contributed by atoms with Gasteiger partial charge in [-0.15, -0.1) is 0 Å². The average Bonchev–Trinajstić information content (AvgIpc) is 2.75. The summed E-state index contributed by atoms with van der Waals surface area (Å²) in [5, 5.41) is 3.83. The van der Waals surface area contributed by atoms with Gasteiger partial charge in [0.05, 0.1) is 6.61 Å². The minimum Gasteiger partial charge on any atom is -0.494 e. The highest BCUT2D eigenvalue weighted by Crippen LogP contribution is 2.27. The summed E-state index contributed by atoms with van der Waals surface area (Å²) >= 11 is 12.6. The van der Waals surface area contributed by atoms with E-state index < -0.39 is 6.04 Å². The van der Waals surface area contributed by atoms with E-state index in [0.29, 0.717) is 41.1 Å². The number of halogens is 2. The predicted molar refractivity (Wildman–Crippen MR) is 125 cm³/mol. The number of hydrogen-bond acceptors (Lipinski definition) is 3. The van der Waals surface area contributed by atoms with E-state index >= 15 is 0 Å². The molecular formula is C24H30Cl2N2O3. The molecule has 2 amide bonds. The van der Waals surface area contributed by atoms with Crippen molar-refractivity contribution in [1.82, 2.24) is 10.2 Å². The molecule has 0 saturated heterocycles. The van der Waals surface area contributed by atoms with Gasteiger partial charge >= 0.3 is 0 Å². The van der Waals surface area contributed by atoms with E-state index in [2.05, 4.69) is 5.32 Å². The van der Waals surface area contributed by atoms with Crippen molar-refractivity contribution >= 4 is 35.0 Å². The second-order valence-electron chi connectivity index (χ2n) is 7.80. The predicted octanol–water partition coefficient (Wildman–Crippen LogP) is 5.34. The van der Waals surface area contributed by atoms with Gasteiger partial charge in [0.2, 0.25) is 11.8 Å². The molecule has 1 N–H and O–H groups in total. The number of nitrogens with zero attached hydrogens (tertiary/aromatic N) is 1. The van der Waals surface area contributed by atoms with Gasteiger partial charge in [-0.1, -0.05) is 61.3 Å². The molecule has 0 aliphatic carbocycles. The first kappa shape index (κ1) is 25.0. The number of carbonyl (C=O) groups is 2. The maximum absolute atomic E-state index is 13.1. The number of para-hydroxylation sites is 1. The summed E-state index contributed by atoms with van der Waals surface area (Å²) < 4.78 is 5.67. The molecule has 1 atom stereocenters. The maximum atomic E-state index is 13.1. The van der Waals surface area contributed by atoms with Gasteiger partial charge in [-0.2, -0.15) is 0 Å². The number of benzene rings is 2. The first-order chi connectivity index (χ1) is 14.8. The minimum atomic E-state index is -0.659. The van der Waals surface area contributed by atoms with E-state index in [-0.39, 0.29) is 24.8 Å². The summed E-state index contributed by atoms with van der Waals surface area (Å²) in [7, 11) is 0. The van der Waals surface area contributed by atoms with Crippen molar-refractivity contribution in [2.45, 2.75) is 46.2 Å². The zero-order chi connectivity index (χ0) is 22.8. The Labute approximate surface area is 194 Å². The fourth-order valence-corrected chi connectivity index (χ4v) is 3.48. The second-order valence-corrected chi connectivity index (χ2v) is 8.62. The van der Waals surface area contributed by atoms with Crippen molar-refractivity contribution in [2.75, 3.05) is 13.2 Å². The lowest BCUT2D eigenvalue weighted by molar-refractivity contribution is -0.140. The molecule has 31 heavy (non-hydrogen) atoms. The first-order valence-electron chi connectivity index (χ1n) is 10.5. The van der Waals surface area contributed by atoms with Gasteiger partial charge in [0.1, 0.15) is 11.8 Å². The highest BCUT2D eigenvalue weighted by molar-refractivity contribution is 6.36. The molecule has 0 fully saturated rings. The van der Waals surface area contributed by atoms with Crippen LogP contribution >= 0.6 is 23.2 Å². The molecule has 0 radical (unpaired) electrons. The third kappa shape index (κ3) is 8.08. The molecule has 0 aliphatic rings. The minimum absolute atomic E-state index is 0.153. The monoisotopic (exact) mass is 464 g/mol. The summed E-state index contributed by atoms with van der Waals surface area (Å²) in [6.07, 6.45) is 0.775. The van der Waals surface area contributed by atoms with Crippen molar-refractivity contribution in [2.24, 2.45) is 5.92 Å². The van der Waals surface area contributed by atoms with E-state index in [4.69, 9.17) is 27.9 Å². The summed E-state index contributed by atoms with van der Waals surface area (Å²) in [6.45, 7) is 6.87. The molecule has 0 aromatic heterocycles. The fraction of sp³-hybridized carbons (Fsp3) is 0.417. The molecule has 7 heteroatoms. The molecule has 0 aliphatic heterocycles. The highest BCUT2D eigenvalue weighted by Gasteiger charge is 2.27. The standard InChI is InChI=1S/C24H30Cl2N2O3/c1-17(2)15-27-24(30)18(3)28(16-20-21(25)11-7-12-22(20)26)23(29)13-8-14-31-19-9-5-4-6-10-19/h4-7,9-12,17-18H,8,13-16H2,1-3H3,(H,27,30). The molecule has 0 spiro atoms. The quantitative estimate of drug-likeness (QED) is 0.456. The van der Waals surface area contributed by atoms with Gasteiger partial charge in [0.15, 0.2) is 0 Å². The lowest BCUT2D eigenvalue weighted by Gasteiger charge is -2.29. The topological polar surface area (TPSA) is 58.6 Å². The molecule has 2 rings (SSSR count). The Hall–Kier alpha value is -2.24. The van der Waals surface area contributed by atoms with E-state index in [9.17, 15) is 9.59 Å². The van der Waals surface area contributed by atoms with Gasteiger partial charge in [-0.25, -0.2) is 0 Å². The van der Waals surface area contributed by atoms with Gasteiger partial charge in [0.25, 0.3) is 0 Å². The zero-order valence-corrected chi connectivity index (χ0v) is 19.7. The SMILES string of the molecule is CC(C)CNC(=O)C(C)N(Cc1c(Cl)cccc1Cl)C(=O)CCCOc1ccccc1. The number of rotatable bonds is 11. The summed E-state index contributed by atoms with van der Waals surface area (Å²) in [4.78, 5) is 27.3. The lowest BCUT2D eigenvalue weighted by atomic mass is 10.1. The number of hydrogen-bond donors (Lipinski definition) is 1. The van der Waals surface area contributed by atoms with Gasteiger partial charge in [-0.3, -0.25) is 9.59 Å². The van der Waals surface area contributed by atoms with E-state index in [1.165, 1.54) is 4.90 Å². The Morgan fingerprint density at radius 2 is 1.65 bits per heavy atom. The number of ether oxygens (including phenoxy) is 1. The van der Waals surface area contributed by atoms with Crippen LogP contribution in [-0.4, -0.2) is 35.9 Å². The number of amides is 2. The molecule has 2 aromatic carbocycles. The summed E-state index contributed by atoms with van der Waals surface area (Å²) in [5.74, 6) is 0.718. The Morgan fingerprint density at radius 3 is 2.26 bits per heavy atom. The molecule has 1 unspecified atom stereocenters. The van der Waals surface area contributed by atoms with Crippen LogP contribution in [0, 0.1) is 5.92 Å². The van der Waals surface area contributed by atoms with E-state index in [1.807, 2.05) is 44.2 Å². The highest BCUT2D eigenvalue weighted by atomic mass is 35.5. The van der Waals surface area contributed by atoms with Crippen LogP contribution in [0.4, 0.5) is 0 Å². The van der Waals surface area contributed by atoms with Crippen molar-refractivity contribution in [1.29, 1.82) is 0 Å². The van der Waals surface area contributed by atoms with Gasteiger partial charge in [0, 0.05) is 35.1 Å². The van der Waals surface area contributed by atoms with Crippen LogP contribution in [0.15, 0.2) is 48.5 Å². The fourth-order valence-electron chi connectivity index (χ4n) is 2.96. The molecule has 168 valence electrons. The first-order valence-corrected chi connectivity index (χ1v) is 11.2. The Bertz CT molecular complexity index is 839. The van der Waals surface area contributed by atoms with Gasteiger partial charge in [-0.05, 0) is 43.5 Å². The Kier molecular flexibility index (Phi) is 10.2. The van der Waals surface area contributed by atoms with Crippen LogP contribution in [0.5, 0.6) is 5.75 Å². The lowest BCUT2D eigenvalue weighted by Crippen LogP contribution is -2.48. The van der Waals surface area contributed by atoms with Crippen molar-refractivity contribution in [3.63, 3.8) is 0 Å². The van der Waals surface area contributed by atoms with Crippen LogP contribution in [0.2, 0.25) is 10.0 Å². The zero-order valence-electron chi connectivity index (χ0n) is 18.2. The Morgan fingerprint density at radius 1 is 1.00 bits per heavy atom. The largest absolute Gasteiger partial charge is 0.494 e. The molecule has 0 heterocycles. The molecule has 5 nitrogen and oxygen atoms in total. The van der Waals surface area contributed by atoms with Crippen LogP contribution in [-0.2, 0) is 16.1 Å². The van der Waals surface area contributed by atoms with Crippen LogP contribution in [0.1, 0.15) is 39.2 Å². The van der Waals surface area contributed by atoms with Gasteiger partial charge < -0.3 is 15.0 Å². The van der Waals surface area contributed by atoms with Crippen LogP contribution in [0.3, 0.4) is 0 Å². The smallest absolute Gasteiger partial charge is 0.242 e. The van der Waals surface area contributed by atoms with Crippen molar-refractivity contribution in [3.8, 4) is 5.75 Å². The van der Waals surface area contributed by atoms with E-state index in [1.54, 1.807) is 25.1 Å². The van der Waals surface area contributed by atoms with Crippen LogP contribution < -0.4 is 10.1 Å².